The number of aromatic amines is 3. The topological polar surface area (TPSA) is 424 Å². The molecule has 0 spiro atoms. The van der Waals surface area contributed by atoms with E-state index in [1.54, 1.807) is 47.6 Å². The van der Waals surface area contributed by atoms with Crippen molar-refractivity contribution in [3.8, 4) is 28.2 Å². The number of carbonyl (C=O) groups is 3. The molecule has 34 heteroatoms. The van der Waals surface area contributed by atoms with Crippen LogP contribution in [0.15, 0.2) is 241 Å². The van der Waals surface area contributed by atoms with Crippen LogP contribution in [0.25, 0.3) is 93.6 Å². The number of halogens is 3. The minimum absolute atomic E-state index is 0.142. The van der Waals surface area contributed by atoms with Crippen LogP contribution in [-0.4, -0.2) is 114 Å². The van der Waals surface area contributed by atoms with Crippen LogP contribution in [0.3, 0.4) is 0 Å². The number of amides is 3. The van der Waals surface area contributed by atoms with Crippen molar-refractivity contribution in [2.45, 2.75) is 77.8 Å². The molecular formula is C86H80BCl3N22O8. The van der Waals surface area contributed by atoms with Gasteiger partial charge in [0.15, 0.2) is 0 Å². The minimum atomic E-state index is -0.590. The van der Waals surface area contributed by atoms with Crippen molar-refractivity contribution in [2.24, 2.45) is 37.0 Å². The van der Waals surface area contributed by atoms with Crippen molar-refractivity contribution >= 4 is 142 Å². The van der Waals surface area contributed by atoms with E-state index in [0.29, 0.717) is 87.9 Å². The quantitative estimate of drug-likeness (QED) is 0.0340. The van der Waals surface area contributed by atoms with E-state index in [1.807, 2.05) is 227 Å². The fourth-order valence-electron chi connectivity index (χ4n) is 14.1. The molecule has 1 fully saturated rings. The molecule has 17 aromatic rings. The number of nitrogens with one attached hydrogen (secondary N) is 5. The third-order valence-electron chi connectivity index (χ3n) is 20.7. The molecular weight excluding hydrogens is 1590 g/mol. The zero-order chi connectivity index (χ0) is 85.2. The van der Waals surface area contributed by atoms with Crippen molar-refractivity contribution in [3.63, 3.8) is 0 Å². The van der Waals surface area contributed by atoms with E-state index < -0.39 is 17.7 Å². The average molecular weight is 1670 g/mol. The molecule has 606 valence electrons. The first-order valence-electron chi connectivity index (χ1n) is 37.6. The zero-order valence-electron chi connectivity index (χ0n) is 66.2. The van der Waals surface area contributed by atoms with Gasteiger partial charge in [-0.05, 0) is 137 Å². The molecule has 11 aromatic heterocycles. The van der Waals surface area contributed by atoms with Crippen molar-refractivity contribution in [3.05, 3.63) is 306 Å². The van der Waals surface area contributed by atoms with Crippen LogP contribution in [-0.2, 0) is 23.4 Å². The summed E-state index contributed by atoms with van der Waals surface area (Å²) in [4.78, 5) is 109. The van der Waals surface area contributed by atoms with Crippen molar-refractivity contribution in [1.29, 1.82) is 0 Å². The summed E-state index contributed by atoms with van der Waals surface area (Å²) in [5, 5.41) is 21.6. The number of carbonyl (C=O) groups excluding carboxylic acids is 3. The number of hydrogen-bond acceptors (Lipinski definition) is 19. The van der Waals surface area contributed by atoms with Crippen LogP contribution >= 0.6 is 34.8 Å². The van der Waals surface area contributed by atoms with E-state index in [9.17, 15) is 28.8 Å². The summed E-state index contributed by atoms with van der Waals surface area (Å²) < 4.78 is 20.2. The van der Waals surface area contributed by atoms with Gasteiger partial charge in [0.05, 0.1) is 88.5 Å². The summed E-state index contributed by atoms with van der Waals surface area (Å²) in [5.41, 5.74) is 30.6. The Morgan fingerprint density at radius 3 is 1.24 bits per heavy atom. The standard InChI is InChI=1S/C28H24N8O2.C24H19ClN6O2.C17H15ClN2O.C10H17BN2O2.C7H5ClN4O/c1-16(34-27-24-21(25(29)37)13-30-26(24)31-15-32-27)22-11-17-7-6-10-20(18-12-33-35(2)14-18)23(17)28(38)36(22)19-8-4-3-5-9-19;1-13(30-23-20-16(21(26)32)11-27-22(20)28-12-29-23)18-10-14-6-5-9-17(25)19(14)24(33)31(18)15-7-3-2-4-8-15;1-11(19)15-10-12-6-5-9-14(18)16(12)17(21)20(15)13-7-3-2-4-8-13;1-9(2)10(3,4)15-11(14-9)8-6-12-13(5)7-8;8-5-4-3(6(9)13)1-10-7(4)12-2-11-5/h3-16H,1-2H3,(H2,29,37)(H2,30,31,32,34);2-13H,1H3,(H2,26,32)(H2,27,28,29,30);2-11H,19H2,1H3;6-7H,1-5H3;1-2H,(H2,9,13)(H,10,11,12)/t16-;13-;11-;;/m000../s1. The lowest BCUT2D eigenvalue weighted by atomic mass is 9.82. The summed E-state index contributed by atoms with van der Waals surface area (Å²) in [7, 11) is 3.43. The van der Waals surface area contributed by atoms with E-state index in [0.717, 1.165) is 55.5 Å². The Labute approximate surface area is 699 Å². The number of primary amides is 3. The van der Waals surface area contributed by atoms with Crippen LogP contribution in [0.2, 0.25) is 15.2 Å². The molecule has 12 heterocycles. The van der Waals surface area contributed by atoms with E-state index >= 15 is 0 Å². The number of aromatic nitrogens is 16. The van der Waals surface area contributed by atoms with Gasteiger partial charge in [-0.3, -0.25) is 51.8 Å². The Morgan fingerprint density at radius 1 is 0.458 bits per heavy atom. The maximum absolute atomic E-state index is 14.2. The second kappa shape index (κ2) is 34.3. The molecule has 3 amide bonds. The van der Waals surface area contributed by atoms with E-state index in [1.165, 1.54) is 37.6 Å². The summed E-state index contributed by atoms with van der Waals surface area (Å²) in [6, 6.07) is 49.8. The SMILES string of the molecule is C[C@H](N)c1cc2cccc(Cl)c2c(=O)n1-c1ccccc1.C[C@H](Nc1ncnc2[nH]cc(C(N)=O)c12)c1cc2cccc(-c3cnn(C)c3)c2c(=O)n1-c1ccccc1.C[C@H](Nc1ncnc2[nH]cc(C(N)=O)c12)c1cc2cccc(Cl)c2c(=O)n1-c1ccccc1.Cn1cc(B2OC(C)(C)C(C)(C)O2)cn1.NC(=O)c1c[nH]c2ncnc(Cl)c12. The number of anilines is 2. The predicted octanol–water partition coefficient (Wildman–Crippen LogP) is 13.2. The summed E-state index contributed by atoms with van der Waals surface area (Å²) in [5.74, 6) is -0.859. The van der Waals surface area contributed by atoms with Gasteiger partial charge in [-0.25, -0.2) is 29.9 Å². The largest absolute Gasteiger partial charge is 0.498 e. The van der Waals surface area contributed by atoms with Gasteiger partial charge in [-0.15, -0.1) is 0 Å². The smallest absolute Gasteiger partial charge is 0.399 e. The van der Waals surface area contributed by atoms with Gasteiger partial charge >= 0.3 is 7.12 Å². The number of H-pyrrole nitrogens is 3. The van der Waals surface area contributed by atoms with Crippen LogP contribution in [0.5, 0.6) is 0 Å². The Balaban J connectivity index is 0.000000130. The summed E-state index contributed by atoms with van der Waals surface area (Å²) >= 11 is 18.4. The van der Waals surface area contributed by atoms with Gasteiger partial charge in [-0.1, -0.05) is 132 Å². The molecule has 18 rings (SSSR count). The summed E-state index contributed by atoms with van der Waals surface area (Å²) in [6.45, 7) is 13.9. The first-order chi connectivity index (χ1) is 57.5. The van der Waals surface area contributed by atoms with E-state index in [4.69, 9.17) is 67.0 Å². The highest BCUT2D eigenvalue weighted by Crippen LogP contribution is 2.38. The molecule has 30 nitrogen and oxygen atoms in total. The lowest BCUT2D eigenvalue weighted by Gasteiger charge is -2.32. The maximum atomic E-state index is 14.2. The highest BCUT2D eigenvalue weighted by molar-refractivity contribution is 6.62. The molecule has 13 N–H and O–H groups in total. The monoisotopic (exact) mass is 1660 g/mol. The molecule has 0 aliphatic carbocycles. The second-order valence-corrected chi connectivity index (χ2v) is 30.4. The number of para-hydroxylation sites is 3. The minimum Gasteiger partial charge on any atom is -0.399 e. The lowest BCUT2D eigenvalue weighted by molar-refractivity contribution is 0.00578. The number of nitrogens with two attached hydrogens (primary N) is 4. The van der Waals surface area contributed by atoms with Crippen LogP contribution < -0.4 is 55.7 Å². The fourth-order valence-corrected chi connectivity index (χ4v) is 14.9. The first kappa shape index (κ1) is 82.6. The first-order valence-corrected chi connectivity index (χ1v) is 38.8. The number of benzene rings is 6. The Morgan fingerprint density at radius 2 is 0.833 bits per heavy atom. The summed E-state index contributed by atoms with van der Waals surface area (Å²) in [6.07, 6.45) is 16.0. The molecule has 0 radical (unpaired) electrons. The number of rotatable bonds is 15. The Bertz CT molecular complexity index is 6930. The van der Waals surface area contributed by atoms with Gasteiger partial charge in [0, 0.05) is 102 Å². The number of nitrogens with zero attached hydrogens (tertiary/aromatic N) is 13. The predicted molar refractivity (Wildman–Crippen MR) is 469 cm³/mol. The average Bonchev–Trinajstić information content (AvgIpc) is 1.28. The molecule has 0 saturated carbocycles. The second-order valence-electron chi connectivity index (χ2n) is 29.3. The zero-order valence-corrected chi connectivity index (χ0v) is 68.5. The van der Waals surface area contributed by atoms with E-state index in [-0.39, 0.29) is 69.4 Å². The molecule has 1 aliphatic heterocycles. The van der Waals surface area contributed by atoms with Crippen molar-refractivity contribution in [1.82, 2.24) is 78.1 Å². The molecule has 1 aliphatic rings. The Kier molecular flexibility index (Phi) is 23.6. The molecule has 6 aromatic carbocycles. The third-order valence-corrected chi connectivity index (χ3v) is 21.6. The van der Waals surface area contributed by atoms with Crippen molar-refractivity contribution in [2.75, 3.05) is 10.6 Å². The molecule has 0 unspecified atom stereocenters. The van der Waals surface area contributed by atoms with Crippen molar-refractivity contribution < 1.29 is 23.7 Å². The fraction of sp³-hybridized carbons (Fsp3) is 0.163. The van der Waals surface area contributed by atoms with Gasteiger partial charge in [0.2, 0.25) is 0 Å². The van der Waals surface area contributed by atoms with Gasteiger partial charge < -0.3 is 57.8 Å². The number of hydrogen-bond donors (Lipinski definition) is 9. The molecule has 0 bridgehead atoms. The number of fused-ring (bicyclic) bond motifs is 6. The maximum Gasteiger partial charge on any atom is 0.498 e. The normalized spacial score (nSPS) is 13.5. The highest BCUT2D eigenvalue weighted by Gasteiger charge is 2.52. The number of aryl methyl sites for hydroxylation is 2. The lowest BCUT2D eigenvalue weighted by Crippen LogP contribution is -2.41. The third kappa shape index (κ3) is 16.6. The van der Waals surface area contributed by atoms with Crippen LogP contribution in [0.1, 0.15) is 115 Å². The molecule has 120 heavy (non-hydrogen) atoms. The number of pyridine rings is 3. The van der Waals surface area contributed by atoms with Gasteiger partial charge in [0.1, 0.15) is 52.7 Å². The highest BCUT2D eigenvalue weighted by atomic mass is 35.5. The van der Waals surface area contributed by atoms with Gasteiger partial charge in [-0.2, -0.15) is 10.2 Å². The van der Waals surface area contributed by atoms with E-state index in [2.05, 4.69) is 65.7 Å². The van der Waals surface area contributed by atoms with Crippen LogP contribution in [0, 0.1) is 0 Å². The van der Waals surface area contributed by atoms with Crippen LogP contribution in [0.4, 0.5) is 11.6 Å². The molecule has 1 saturated heterocycles. The Hall–Kier alpha value is -13.9. The van der Waals surface area contributed by atoms with Gasteiger partial charge in [0.25, 0.3) is 34.4 Å². The molecule has 3 atom stereocenters.